The Kier molecular flexibility index (Phi) is 26.1. The predicted octanol–water partition coefficient (Wildman–Crippen LogP) is -2.77. The van der Waals surface area contributed by atoms with Gasteiger partial charge in [-0.3, -0.25) is 0 Å². The second kappa shape index (κ2) is 26.7. The van der Waals surface area contributed by atoms with E-state index in [9.17, 15) is 30.6 Å². The molecule has 4 aromatic carbocycles. The molecule has 0 bridgehead atoms. The minimum atomic E-state index is -0.836. The summed E-state index contributed by atoms with van der Waals surface area (Å²) in [6, 6.07) is 27.0. The quantitative estimate of drug-likeness (QED) is 0.0860. The van der Waals surface area contributed by atoms with Gasteiger partial charge in [0, 0.05) is 26.2 Å². The molecule has 0 atom stereocenters. The van der Waals surface area contributed by atoms with Gasteiger partial charge in [-0.15, -0.1) is 35.2 Å². The molecule has 0 aliphatic carbocycles. The maximum absolute atomic E-state index is 11.8. The van der Waals surface area contributed by atoms with Crippen molar-refractivity contribution in [2.75, 3.05) is 26.2 Å². The topological polar surface area (TPSA) is 249 Å². The number of nitrogens with one attached hydrogen (secondary N) is 4. The van der Waals surface area contributed by atoms with Crippen molar-refractivity contribution in [3.05, 3.63) is 119 Å². The Balaban J connectivity index is 0. The van der Waals surface area contributed by atoms with Crippen LogP contribution < -0.4 is 51.9 Å². The molecule has 12 nitrogen and oxygen atoms in total. The Morgan fingerprint density at radius 1 is 0.375 bits per heavy atom. The molecule has 0 aromatic heterocycles. The van der Waals surface area contributed by atoms with Crippen LogP contribution >= 0.6 is 0 Å². The van der Waals surface area contributed by atoms with Gasteiger partial charge in [0.25, 0.3) is 0 Å². The first-order chi connectivity index (χ1) is 21.3. The third-order valence-electron chi connectivity index (χ3n) is 6.64. The van der Waals surface area contributed by atoms with E-state index in [0.29, 0.717) is 48.4 Å². The van der Waals surface area contributed by atoms with Crippen LogP contribution in [0.4, 0.5) is 0 Å². The standard InChI is InChI=1S/2C17H21N2O3.2Fe.2H2O/c2*20-15(11-18-9-13-5-1-3-7-16(13)21)12-19-10-14-6-2-4-8-17(14)22;;;;/h2*1-8,15,18-19,21-22H,9-12H2;;;2*1H2/q2*-1;2*+5;;/p-4. The van der Waals surface area contributed by atoms with E-state index in [1.54, 1.807) is 72.8 Å². The number of rotatable bonds is 16. The molecule has 2 radical (unpaired) electrons. The fourth-order valence-electron chi connectivity index (χ4n) is 4.22. The first-order valence-corrected chi connectivity index (χ1v) is 14.5. The molecule has 8 N–H and O–H groups in total. The monoisotopic (exact) mass is 746 g/mol. The van der Waals surface area contributed by atoms with E-state index in [4.69, 9.17) is 0 Å². The van der Waals surface area contributed by atoms with Crippen molar-refractivity contribution in [2.24, 2.45) is 0 Å². The minimum Gasteiger partial charge on any atom is -0.872 e. The number of benzene rings is 4. The second-order valence-electron chi connectivity index (χ2n) is 10.2. The van der Waals surface area contributed by atoms with Gasteiger partial charge >= 0.3 is 34.1 Å². The van der Waals surface area contributed by atoms with Gasteiger partial charge in [0.2, 0.25) is 0 Å². The molecular formula is C34H42Fe2N4O8+4. The zero-order valence-electron chi connectivity index (χ0n) is 26.2. The largest absolute Gasteiger partial charge is 5.00 e. The van der Waals surface area contributed by atoms with E-state index >= 15 is 0 Å². The summed E-state index contributed by atoms with van der Waals surface area (Å²) in [6.45, 7) is 2.62. The Morgan fingerprint density at radius 2 is 0.562 bits per heavy atom. The van der Waals surface area contributed by atoms with Crippen molar-refractivity contribution in [1.82, 2.24) is 21.3 Å². The van der Waals surface area contributed by atoms with Gasteiger partial charge in [0.15, 0.2) is 0 Å². The molecular weight excluding hydrogens is 704 g/mol. The Morgan fingerprint density at radius 3 is 0.750 bits per heavy atom. The van der Waals surface area contributed by atoms with Crippen LogP contribution in [0, 0.1) is 0 Å². The van der Waals surface area contributed by atoms with Crippen molar-refractivity contribution in [2.45, 2.75) is 38.4 Å². The molecule has 4 aromatic rings. The zero-order chi connectivity index (χ0) is 31.6. The van der Waals surface area contributed by atoms with Crippen molar-refractivity contribution in [3.8, 4) is 23.0 Å². The van der Waals surface area contributed by atoms with E-state index in [1.165, 1.54) is 24.3 Å². The van der Waals surface area contributed by atoms with Crippen LogP contribution in [-0.4, -0.2) is 49.3 Å². The Labute approximate surface area is 302 Å². The normalized spacial score (nSPS) is 10.1. The third-order valence-corrected chi connectivity index (χ3v) is 6.64. The predicted molar refractivity (Wildman–Crippen MR) is 165 cm³/mol. The molecule has 258 valence electrons. The fourth-order valence-corrected chi connectivity index (χ4v) is 4.22. The Bertz CT molecular complexity index is 1200. The zero-order valence-corrected chi connectivity index (χ0v) is 28.4. The van der Waals surface area contributed by atoms with Crippen LogP contribution in [0.25, 0.3) is 0 Å². The fraction of sp³-hybridized carbons (Fsp3) is 0.294. The summed E-state index contributed by atoms with van der Waals surface area (Å²) in [5.41, 5.74) is 2.62. The average Bonchev–Trinajstić information content (AvgIpc) is 3.01. The summed E-state index contributed by atoms with van der Waals surface area (Å²) in [5.74, 6) is -0.101. The SMILES string of the molecule is O.O.[Fe+5].[Fe+5].[O-]c1ccccc1CNCC([O-])CNCc1ccccc1[O-].[O-]c1ccccc1CNCC([O-])CNCc1ccccc1[O-]. The number of hydrogen-bond donors (Lipinski definition) is 4. The van der Waals surface area contributed by atoms with Crippen LogP contribution in [0.1, 0.15) is 22.3 Å². The maximum Gasteiger partial charge on any atom is 5.00 e. The average molecular weight is 746 g/mol. The molecule has 0 unspecified atom stereocenters. The summed E-state index contributed by atoms with van der Waals surface area (Å²) in [6.07, 6.45) is -1.67. The van der Waals surface area contributed by atoms with Gasteiger partial charge < -0.3 is 62.9 Å². The van der Waals surface area contributed by atoms with Crippen LogP contribution in [0.3, 0.4) is 0 Å². The molecule has 0 aliphatic heterocycles. The van der Waals surface area contributed by atoms with Crippen LogP contribution in [-0.2, 0) is 60.3 Å². The van der Waals surface area contributed by atoms with Gasteiger partial charge in [0.1, 0.15) is 0 Å². The molecule has 0 amide bonds. The molecule has 0 spiro atoms. The molecule has 0 heterocycles. The summed E-state index contributed by atoms with van der Waals surface area (Å²) in [7, 11) is 0. The van der Waals surface area contributed by atoms with Gasteiger partial charge in [-0.2, -0.15) is 0 Å². The number of hydrogen-bond acceptors (Lipinski definition) is 10. The Hall–Kier alpha value is -3.20. The van der Waals surface area contributed by atoms with Gasteiger partial charge in [-0.05, 0) is 48.4 Å². The molecule has 14 heteroatoms. The van der Waals surface area contributed by atoms with E-state index in [2.05, 4.69) is 21.3 Å². The van der Waals surface area contributed by atoms with Gasteiger partial charge in [-0.25, -0.2) is 0 Å². The molecule has 0 saturated carbocycles. The van der Waals surface area contributed by atoms with Crippen molar-refractivity contribution in [1.29, 1.82) is 0 Å². The molecule has 0 fully saturated rings. The molecule has 4 rings (SSSR count). The van der Waals surface area contributed by atoms with Crippen LogP contribution in [0.15, 0.2) is 97.1 Å². The van der Waals surface area contributed by atoms with E-state index < -0.39 is 12.2 Å². The van der Waals surface area contributed by atoms with Crippen molar-refractivity contribution >= 4 is 0 Å². The number of para-hydroxylation sites is 4. The first-order valence-electron chi connectivity index (χ1n) is 14.5. The van der Waals surface area contributed by atoms with Crippen molar-refractivity contribution in [3.63, 3.8) is 0 Å². The summed E-state index contributed by atoms with van der Waals surface area (Å²) < 4.78 is 0. The van der Waals surface area contributed by atoms with Crippen LogP contribution in [0.5, 0.6) is 23.0 Å². The van der Waals surface area contributed by atoms with Gasteiger partial charge in [-0.1, -0.05) is 97.1 Å². The molecule has 48 heavy (non-hydrogen) atoms. The van der Waals surface area contributed by atoms with E-state index in [-0.39, 0.29) is 94.3 Å². The van der Waals surface area contributed by atoms with Crippen LogP contribution in [0.2, 0.25) is 0 Å². The smallest absolute Gasteiger partial charge is 0.872 e. The third kappa shape index (κ3) is 17.8. The summed E-state index contributed by atoms with van der Waals surface area (Å²) in [5, 5.41) is 81.5. The molecule has 0 aliphatic rings. The minimum absolute atomic E-state index is 0. The summed E-state index contributed by atoms with van der Waals surface area (Å²) >= 11 is 0. The van der Waals surface area contributed by atoms with E-state index in [0.717, 1.165) is 0 Å². The second-order valence-corrected chi connectivity index (χ2v) is 10.2. The maximum atomic E-state index is 11.8. The van der Waals surface area contributed by atoms with Gasteiger partial charge in [0.05, 0.1) is 0 Å². The van der Waals surface area contributed by atoms with Crippen molar-refractivity contribution < 1.29 is 75.7 Å². The summed E-state index contributed by atoms with van der Waals surface area (Å²) in [4.78, 5) is 0. The first kappa shape index (κ1) is 46.9. The van der Waals surface area contributed by atoms with E-state index in [1.807, 2.05) is 0 Å². The molecule has 0 saturated heterocycles.